The Bertz CT molecular complexity index is 254. The minimum atomic E-state index is 0.0538. The zero-order valence-electron chi connectivity index (χ0n) is 10.3. The normalized spacial score (nSPS) is 29.6. The van der Waals surface area contributed by atoms with E-state index in [-0.39, 0.29) is 24.7 Å². The summed E-state index contributed by atoms with van der Waals surface area (Å²) in [6.07, 6.45) is 4.34. The van der Waals surface area contributed by atoms with Gasteiger partial charge in [-0.05, 0) is 25.7 Å². The molecule has 0 spiro atoms. The van der Waals surface area contributed by atoms with E-state index in [0.717, 1.165) is 38.8 Å². The lowest BCUT2D eigenvalue weighted by molar-refractivity contribution is -0.138. The Hall–Kier alpha value is -0.650. The summed E-state index contributed by atoms with van der Waals surface area (Å²) in [6, 6.07) is 0.130. The molecule has 5 nitrogen and oxygen atoms in total. The van der Waals surface area contributed by atoms with Gasteiger partial charge in [0, 0.05) is 25.7 Å². The third kappa shape index (κ3) is 3.94. The van der Waals surface area contributed by atoms with Crippen LogP contribution in [0.3, 0.4) is 0 Å². The number of amides is 1. The van der Waals surface area contributed by atoms with Crippen molar-refractivity contribution in [3.8, 4) is 0 Å². The van der Waals surface area contributed by atoms with Gasteiger partial charge in [0.05, 0.1) is 12.7 Å². The predicted octanol–water partition coefficient (Wildman–Crippen LogP) is 0.132. The molecule has 0 aromatic carbocycles. The highest BCUT2D eigenvalue weighted by Crippen LogP contribution is 2.12. The molecule has 0 radical (unpaired) electrons. The lowest BCUT2D eigenvalue weighted by Gasteiger charge is -2.30. The molecule has 0 aromatic heterocycles. The summed E-state index contributed by atoms with van der Waals surface area (Å²) in [5.74, 6) is 0.0538. The maximum atomic E-state index is 11.8. The smallest absolute Gasteiger partial charge is 0.248 e. The van der Waals surface area contributed by atoms with Crippen molar-refractivity contribution in [2.24, 2.45) is 5.73 Å². The van der Waals surface area contributed by atoms with Crippen LogP contribution in [0.2, 0.25) is 0 Å². The molecule has 2 heterocycles. The van der Waals surface area contributed by atoms with Gasteiger partial charge < -0.3 is 20.1 Å². The molecule has 2 aliphatic rings. The third-order valence-electron chi connectivity index (χ3n) is 3.36. The van der Waals surface area contributed by atoms with E-state index in [2.05, 4.69) is 0 Å². The van der Waals surface area contributed by atoms with Crippen molar-refractivity contribution in [3.63, 3.8) is 0 Å². The van der Waals surface area contributed by atoms with Gasteiger partial charge in [-0.1, -0.05) is 0 Å². The summed E-state index contributed by atoms with van der Waals surface area (Å²) in [6.45, 7) is 3.00. The molecule has 5 heteroatoms. The highest BCUT2D eigenvalue weighted by Gasteiger charge is 2.22. The van der Waals surface area contributed by atoms with Gasteiger partial charge in [-0.15, -0.1) is 0 Å². The summed E-state index contributed by atoms with van der Waals surface area (Å²) in [5.41, 5.74) is 5.84. The average Bonchev–Trinajstić information content (AvgIpc) is 2.82. The topological polar surface area (TPSA) is 64.8 Å². The molecule has 0 saturated carbocycles. The summed E-state index contributed by atoms with van der Waals surface area (Å²) in [4.78, 5) is 13.6. The number of rotatable bonds is 4. The number of nitrogens with two attached hydrogens (primary N) is 1. The maximum Gasteiger partial charge on any atom is 0.248 e. The highest BCUT2D eigenvalue weighted by atomic mass is 16.5. The molecule has 2 rings (SSSR count). The Balaban J connectivity index is 1.62. The molecule has 98 valence electrons. The Morgan fingerprint density at radius 2 is 2.29 bits per heavy atom. The maximum absolute atomic E-state index is 11.8. The number of ether oxygens (including phenoxy) is 2. The molecule has 0 aliphatic carbocycles. The van der Waals surface area contributed by atoms with E-state index in [1.807, 2.05) is 4.90 Å². The van der Waals surface area contributed by atoms with Crippen molar-refractivity contribution < 1.29 is 14.3 Å². The van der Waals surface area contributed by atoms with Gasteiger partial charge in [0.1, 0.15) is 6.61 Å². The van der Waals surface area contributed by atoms with Crippen LogP contribution in [0, 0.1) is 0 Å². The zero-order chi connectivity index (χ0) is 12.1. The lowest BCUT2D eigenvalue weighted by atomic mass is 10.1. The number of likely N-dealkylation sites (tertiary alicyclic amines) is 1. The summed E-state index contributed by atoms with van der Waals surface area (Å²) >= 11 is 0. The van der Waals surface area contributed by atoms with Crippen LogP contribution in [-0.2, 0) is 14.3 Å². The molecular weight excluding hydrogens is 220 g/mol. The molecule has 2 fully saturated rings. The van der Waals surface area contributed by atoms with E-state index in [1.165, 1.54) is 0 Å². The van der Waals surface area contributed by atoms with Crippen molar-refractivity contribution in [3.05, 3.63) is 0 Å². The van der Waals surface area contributed by atoms with Gasteiger partial charge in [0.25, 0.3) is 0 Å². The Morgan fingerprint density at radius 1 is 1.41 bits per heavy atom. The largest absolute Gasteiger partial charge is 0.376 e. The van der Waals surface area contributed by atoms with Crippen molar-refractivity contribution in [1.82, 2.24) is 4.90 Å². The van der Waals surface area contributed by atoms with Crippen molar-refractivity contribution in [1.29, 1.82) is 0 Å². The van der Waals surface area contributed by atoms with Gasteiger partial charge in [0.15, 0.2) is 0 Å². The lowest BCUT2D eigenvalue weighted by Crippen LogP contribution is -2.47. The number of carbonyl (C=O) groups excluding carboxylic acids is 1. The van der Waals surface area contributed by atoms with E-state index < -0.39 is 0 Å². The minimum absolute atomic E-state index is 0.0538. The number of piperidine rings is 1. The van der Waals surface area contributed by atoms with E-state index in [9.17, 15) is 4.79 Å². The predicted molar refractivity (Wildman–Crippen MR) is 63.6 cm³/mol. The van der Waals surface area contributed by atoms with Crippen molar-refractivity contribution in [2.45, 2.75) is 37.8 Å². The van der Waals surface area contributed by atoms with Crippen LogP contribution >= 0.6 is 0 Å². The minimum Gasteiger partial charge on any atom is -0.376 e. The average molecular weight is 242 g/mol. The molecule has 0 bridgehead atoms. The monoisotopic (exact) mass is 242 g/mol. The summed E-state index contributed by atoms with van der Waals surface area (Å²) in [7, 11) is 0. The van der Waals surface area contributed by atoms with Gasteiger partial charge in [-0.3, -0.25) is 4.79 Å². The Kier molecular flexibility index (Phi) is 4.76. The molecule has 2 N–H and O–H groups in total. The van der Waals surface area contributed by atoms with Crippen LogP contribution in [0.25, 0.3) is 0 Å². The molecule has 0 unspecified atom stereocenters. The molecule has 2 atom stereocenters. The quantitative estimate of drug-likeness (QED) is 0.761. The first-order valence-electron chi connectivity index (χ1n) is 6.48. The van der Waals surface area contributed by atoms with Gasteiger partial charge in [0.2, 0.25) is 5.91 Å². The third-order valence-corrected chi connectivity index (χ3v) is 3.36. The molecule has 17 heavy (non-hydrogen) atoms. The first-order valence-corrected chi connectivity index (χ1v) is 6.48. The van der Waals surface area contributed by atoms with E-state index >= 15 is 0 Å². The van der Waals surface area contributed by atoms with Gasteiger partial charge in [-0.2, -0.15) is 0 Å². The first kappa shape index (κ1) is 12.8. The Morgan fingerprint density at radius 3 is 3.00 bits per heavy atom. The van der Waals surface area contributed by atoms with E-state index in [0.29, 0.717) is 13.2 Å². The van der Waals surface area contributed by atoms with Crippen molar-refractivity contribution in [2.75, 3.05) is 32.9 Å². The number of hydrogen-bond donors (Lipinski definition) is 1. The second kappa shape index (κ2) is 6.33. The molecule has 2 saturated heterocycles. The standard InChI is InChI=1S/C12H22N2O3/c13-10-3-1-5-14(7-10)12(15)9-16-8-11-4-2-6-17-11/h10-11H,1-9,13H2/t10-,11-/m0/s1. The van der Waals surface area contributed by atoms with Crippen LogP contribution < -0.4 is 5.73 Å². The van der Waals surface area contributed by atoms with Gasteiger partial charge in [-0.25, -0.2) is 0 Å². The fourth-order valence-corrected chi connectivity index (χ4v) is 2.38. The fourth-order valence-electron chi connectivity index (χ4n) is 2.38. The zero-order valence-corrected chi connectivity index (χ0v) is 10.3. The van der Waals surface area contributed by atoms with Crippen LogP contribution in [0.4, 0.5) is 0 Å². The second-order valence-corrected chi connectivity index (χ2v) is 4.89. The van der Waals surface area contributed by atoms with Crippen LogP contribution in [0.15, 0.2) is 0 Å². The molecular formula is C12H22N2O3. The highest BCUT2D eigenvalue weighted by molar-refractivity contribution is 5.77. The molecule has 2 aliphatic heterocycles. The fraction of sp³-hybridized carbons (Fsp3) is 0.917. The van der Waals surface area contributed by atoms with E-state index in [1.54, 1.807) is 0 Å². The van der Waals surface area contributed by atoms with Crippen LogP contribution in [0.5, 0.6) is 0 Å². The Labute approximate surface area is 102 Å². The van der Waals surface area contributed by atoms with Crippen LogP contribution in [0.1, 0.15) is 25.7 Å². The second-order valence-electron chi connectivity index (χ2n) is 4.89. The number of nitrogens with zero attached hydrogens (tertiary/aromatic N) is 1. The number of hydrogen-bond acceptors (Lipinski definition) is 4. The van der Waals surface area contributed by atoms with E-state index in [4.69, 9.17) is 15.2 Å². The molecule has 0 aromatic rings. The summed E-state index contributed by atoms with van der Waals surface area (Å²) < 4.78 is 10.8. The van der Waals surface area contributed by atoms with Gasteiger partial charge >= 0.3 is 0 Å². The summed E-state index contributed by atoms with van der Waals surface area (Å²) in [5, 5.41) is 0. The van der Waals surface area contributed by atoms with Crippen LogP contribution in [-0.4, -0.2) is 55.9 Å². The van der Waals surface area contributed by atoms with Crippen molar-refractivity contribution >= 4 is 5.91 Å². The molecule has 1 amide bonds. The first-order chi connectivity index (χ1) is 8.25. The SMILES string of the molecule is N[C@H]1CCCN(C(=O)COC[C@@H]2CCCO2)C1. The number of carbonyl (C=O) groups is 1.